The van der Waals surface area contributed by atoms with E-state index in [1.54, 1.807) is 43.3 Å². The summed E-state index contributed by atoms with van der Waals surface area (Å²) in [5.41, 5.74) is 6.64. The summed E-state index contributed by atoms with van der Waals surface area (Å²) in [5.74, 6) is -0.853. The van der Waals surface area contributed by atoms with Crippen LogP contribution in [0.4, 0.5) is 0 Å². The van der Waals surface area contributed by atoms with Crippen LogP contribution >= 0.6 is 12.4 Å². The van der Waals surface area contributed by atoms with Crippen molar-refractivity contribution in [3.8, 4) is 5.75 Å². The summed E-state index contributed by atoms with van der Waals surface area (Å²) in [6.07, 6.45) is 0. The lowest BCUT2D eigenvalue weighted by atomic mass is 10.0. The molecule has 0 aromatic heterocycles. The molecule has 0 aliphatic carbocycles. The first kappa shape index (κ1) is 23.6. The normalized spacial score (nSPS) is 10.8. The van der Waals surface area contributed by atoms with Gasteiger partial charge in [-0.3, -0.25) is 15.0 Å². The Morgan fingerprint density at radius 3 is 2.03 bits per heavy atom. The Labute approximate surface area is 174 Å². The number of hydrogen-bond donors (Lipinski definition) is 3. The molecule has 4 N–H and O–H groups in total. The van der Waals surface area contributed by atoms with Crippen molar-refractivity contribution in [3.05, 3.63) is 65.2 Å². The first-order valence-electron chi connectivity index (χ1n) is 8.41. The molecule has 9 heteroatoms. The van der Waals surface area contributed by atoms with Crippen molar-refractivity contribution in [2.24, 2.45) is 5.73 Å². The SMILES string of the molecule is COC(=O)COc1ccc(C(=O)C(C)NC(=O)c2ccc(C(=N)N)cc2)cc1.Cl. The molecule has 0 spiro atoms. The zero-order valence-electron chi connectivity index (χ0n) is 15.9. The van der Waals surface area contributed by atoms with Crippen molar-refractivity contribution in [2.75, 3.05) is 13.7 Å². The van der Waals surface area contributed by atoms with E-state index in [4.69, 9.17) is 15.9 Å². The zero-order valence-corrected chi connectivity index (χ0v) is 16.7. The second-order valence-corrected chi connectivity index (χ2v) is 5.94. The Morgan fingerprint density at radius 1 is 1.00 bits per heavy atom. The highest BCUT2D eigenvalue weighted by molar-refractivity contribution is 6.04. The number of ether oxygens (including phenoxy) is 2. The van der Waals surface area contributed by atoms with E-state index in [9.17, 15) is 14.4 Å². The summed E-state index contributed by atoms with van der Waals surface area (Å²) in [6.45, 7) is 1.37. The third-order valence-corrected chi connectivity index (χ3v) is 3.92. The van der Waals surface area contributed by atoms with Crippen LogP contribution in [0.2, 0.25) is 0 Å². The van der Waals surface area contributed by atoms with Gasteiger partial charge in [-0.1, -0.05) is 12.1 Å². The number of rotatable bonds is 8. The van der Waals surface area contributed by atoms with Crippen LogP contribution in [0, 0.1) is 5.41 Å². The van der Waals surface area contributed by atoms with Gasteiger partial charge in [0.15, 0.2) is 12.4 Å². The average Bonchev–Trinajstić information content (AvgIpc) is 2.71. The first-order chi connectivity index (χ1) is 13.3. The molecule has 29 heavy (non-hydrogen) atoms. The molecule has 0 saturated carbocycles. The predicted octanol–water partition coefficient (Wildman–Crippen LogP) is 1.95. The maximum absolute atomic E-state index is 12.5. The number of nitrogens with one attached hydrogen (secondary N) is 2. The van der Waals surface area contributed by atoms with Crippen LogP contribution in [0.3, 0.4) is 0 Å². The summed E-state index contributed by atoms with van der Waals surface area (Å²) in [5, 5.41) is 9.99. The molecule has 0 fully saturated rings. The van der Waals surface area contributed by atoms with E-state index in [1.165, 1.54) is 19.2 Å². The van der Waals surface area contributed by atoms with Crippen LogP contribution in [-0.2, 0) is 9.53 Å². The molecule has 1 atom stereocenters. The van der Waals surface area contributed by atoms with Gasteiger partial charge in [0, 0.05) is 16.7 Å². The summed E-state index contributed by atoms with van der Waals surface area (Å²) >= 11 is 0. The molecular formula is C20H22ClN3O5. The van der Waals surface area contributed by atoms with Crippen molar-refractivity contribution in [1.82, 2.24) is 5.32 Å². The largest absolute Gasteiger partial charge is 0.482 e. The van der Waals surface area contributed by atoms with Crippen molar-refractivity contribution in [2.45, 2.75) is 13.0 Å². The maximum Gasteiger partial charge on any atom is 0.343 e. The Morgan fingerprint density at radius 2 is 1.52 bits per heavy atom. The smallest absolute Gasteiger partial charge is 0.343 e. The predicted molar refractivity (Wildman–Crippen MR) is 110 cm³/mol. The summed E-state index contributed by atoms with van der Waals surface area (Å²) in [6, 6.07) is 11.7. The quantitative estimate of drug-likeness (QED) is 0.259. The molecule has 0 aliphatic heterocycles. The molecular weight excluding hydrogens is 398 g/mol. The highest BCUT2D eigenvalue weighted by Gasteiger charge is 2.18. The highest BCUT2D eigenvalue weighted by Crippen LogP contribution is 2.14. The molecule has 2 rings (SSSR count). The molecule has 0 saturated heterocycles. The molecule has 0 radical (unpaired) electrons. The van der Waals surface area contributed by atoms with Gasteiger partial charge in [-0.15, -0.1) is 12.4 Å². The highest BCUT2D eigenvalue weighted by atomic mass is 35.5. The maximum atomic E-state index is 12.5. The van der Waals surface area contributed by atoms with Crippen molar-refractivity contribution in [3.63, 3.8) is 0 Å². The van der Waals surface area contributed by atoms with Gasteiger partial charge in [0.25, 0.3) is 5.91 Å². The molecule has 0 aliphatic rings. The van der Waals surface area contributed by atoms with Crippen molar-refractivity contribution < 1.29 is 23.9 Å². The van der Waals surface area contributed by atoms with E-state index < -0.39 is 17.9 Å². The van der Waals surface area contributed by atoms with Crippen LogP contribution in [0.15, 0.2) is 48.5 Å². The van der Waals surface area contributed by atoms with E-state index in [2.05, 4.69) is 10.1 Å². The fourth-order valence-electron chi connectivity index (χ4n) is 2.31. The molecule has 1 amide bonds. The van der Waals surface area contributed by atoms with Gasteiger partial charge in [0.2, 0.25) is 0 Å². The third-order valence-electron chi connectivity index (χ3n) is 3.92. The minimum atomic E-state index is -0.748. The number of hydrogen-bond acceptors (Lipinski definition) is 6. The van der Waals surface area contributed by atoms with Crippen LogP contribution in [0.1, 0.15) is 33.2 Å². The topological polar surface area (TPSA) is 132 Å². The molecule has 2 aromatic rings. The number of carbonyl (C=O) groups is 3. The first-order valence-corrected chi connectivity index (χ1v) is 8.41. The minimum absolute atomic E-state index is 0. The fourth-order valence-corrected chi connectivity index (χ4v) is 2.31. The van der Waals surface area contributed by atoms with Gasteiger partial charge in [0.05, 0.1) is 13.2 Å². The molecule has 8 nitrogen and oxygen atoms in total. The Kier molecular flexibility index (Phi) is 8.82. The fraction of sp³-hybridized carbons (Fsp3) is 0.200. The van der Waals surface area contributed by atoms with E-state index in [0.717, 1.165) is 0 Å². The second-order valence-electron chi connectivity index (χ2n) is 5.94. The number of benzene rings is 2. The lowest BCUT2D eigenvalue weighted by Gasteiger charge is -2.14. The van der Waals surface area contributed by atoms with Crippen molar-refractivity contribution in [1.29, 1.82) is 5.41 Å². The molecule has 154 valence electrons. The Balaban J connectivity index is 0.00000420. The lowest BCUT2D eigenvalue weighted by molar-refractivity contribution is -0.142. The number of Topliss-reactive ketones (excluding diaryl/α,β-unsaturated/α-hetero) is 1. The number of amidine groups is 1. The van der Waals surface area contributed by atoms with Gasteiger partial charge in [-0.05, 0) is 43.3 Å². The van der Waals surface area contributed by atoms with Crippen LogP contribution < -0.4 is 15.8 Å². The average molecular weight is 420 g/mol. The lowest BCUT2D eigenvalue weighted by Crippen LogP contribution is -2.38. The van der Waals surface area contributed by atoms with Crippen molar-refractivity contribution >= 4 is 35.9 Å². The van der Waals surface area contributed by atoms with Gasteiger partial charge in [0.1, 0.15) is 11.6 Å². The van der Waals surface area contributed by atoms with E-state index in [0.29, 0.717) is 22.4 Å². The number of methoxy groups -OCH3 is 1. The standard InChI is InChI=1S/C20H21N3O5.ClH/c1-12(23-20(26)15-5-3-14(4-6-15)19(21)22)18(25)13-7-9-16(10-8-13)28-11-17(24)27-2;/h3-10,12H,11H2,1-2H3,(H3,21,22)(H,23,26);1H. The van der Waals surface area contributed by atoms with Gasteiger partial charge in [-0.25, -0.2) is 4.79 Å². The summed E-state index contributed by atoms with van der Waals surface area (Å²) in [4.78, 5) is 35.9. The number of amides is 1. The van der Waals surface area contributed by atoms with Gasteiger partial charge >= 0.3 is 5.97 Å². The number of carbonyl (C=O) groups excluding carboxylic acids is 3. The second kappa shape index (κ2) is 10.8. The van der Waals surface area contributed by atoms with Crippen LogP contribution in [0.25, 0.3) is 0 Å². The van der Waals surface area contributed by atoms with E-state index in [1.807, 2.05) is 0 Å². The number of ketones is 1. The Hall–Kier alpha value is -3.39. The third kappa shape index (κ3) is 6.62. The van der Waals surface area contributed by atoms with E-state index >= 15 is 0 Å². The van der Waals surface area contributed by atoms with Gasteiger partial charge in [-0.2, -0.15) is 0 Å². The van der Waals surface area contributed by atoms with Gasteiger partial charge < -0.3 is 20.5 Å². The minimum Gasteiger partial charge on any atom is -0.482 e. The zero-order chi connectivity index (χ0) is 20.7. The molecule has 0 bridgehead atoms. The monoisotopic (exact) mass is 419 g/mol. The Bertz CT molecular complexity index is 882. The molecule has 0 heterocycles. The molecule has 2 aromatic carbocycles. The summed E-state index contributed by atoms with van der Waals surface area (Å²) in [7, 11) is 1.26. The number of nitrogen functional groups attached to an aromatic ring is 1. The number of halogens is 1. The molecule has 1 unspecified atom stereocenters. The van der Waals surface area contributed by atoms with E-state index in [-0.39, 0.29) is 30.6 Å². The number of esters is 1. The number of nitrogens with two attached hydrogens (primary N) is 1. The van der Waals surface area contributed by atoms with Crippen LogP contribution in [0.5, 0.6) is 5.75 Å². The summed E-state index contributed by atoms with van der Waals surface area (Å²) < 4.78 is 9.71. The van der Waals surface area contributed by atoms with Crippen LogP contribution in [-0.4, -0.2) is 43.3 Å².